The van der Waals surface area contributed by atoms with Crippen molar-refractivity contribution in [3.8, 4) is 0 Å². The van der Waals surface area contributed by atoms with E-state index in [0.717, 1.165) is 48.0 Å². The number of carbonyl (C=O) groups is 1. The molecule has 162 valence electrons. The normalized spacial score (nSPS) is 17.6. The molecule has 3 aromatic rings. The zero-order valence-corrected chi connectivity index (χ0v) is 17.5. The maximum Gasteiger partial charge on any atom is 0.224 e. The highest BCUT2D eigenvalue weighted by atomic mass is 19.1. The van der Waals surface area contributed by atoms with Gasteiger partial charge in [0.1, 0.15) is 11.4 Å². The average molecular weight is 423 g/mol. The fraction of sp³-hybridized carbons (Fsp3) is 0.400. The van der Waals surface area contributed by atoms with Crippen molar-refractivity contribution in [1.29, 1.82) is 0 Å². The van der Waals surface area contributed by atoms with E-state index in [0.29, 0.717) is 19.8 Å². The smallest absolute Gasteiger partial charge is 0.224 e. The minimum Gasteiger partial charge on any atom is -0.464 e. The van der Waals surface area contributed by atoms with Gasteiger partial charge in [0.05, 0.1) is 31.9 Å². The van der Waals surface area contributed by atoms with Crippen LogP contribution in [0.4, 0.5) is 4.39 Å². The minimum absolute atomic E-state index is 0.0159. The lowest BCUT2D eigenvalue weighted by molar-refractivity contribution is -0.120. The number of nitrogens with zero attached hydrogens (tertiary/aromatic N) is 1. The minimum atomic E-state index is -0.258. The number of aryl methyl sites for hydroxylation is 2. The Hall–Kier alpha value is -2.70. The van der Waals surface area contributed by atoms with Crippen molar-refractivity contribution in [2.75, 3.05) is 32.8 Å². The van der Waals surface area contributed by atoms with Crippen LogP contribution in [0.1, 0.15) is 34.7 Å². The Bertz CT molecular complexity index is 1070. The molecular weight excluding hydrogens is 395 g/mol. The molecule has 1 atom stereocenters. The molecule has 1 aromatic heterocycles. The van der Waals surface area contributed by atoms with Gasteiger partial charge >= 0.3 is 0 Å². The molecule has 1 amide bonds. The van der Waals surface area contributed by atoms with Crippen LogP contribution in [0.5, 0.6) is 0 Å². The summed E-state index contributed by atoms with van der Waals surface area (Å²) in [5.41, 5.74) is 5.52. The zero-order chi connectivity index (χ0) is 21.2. The lowest BCUT2D eigenvalue weighted by Gasteiger charge is -2.35. The number of hydrogen-bond acceptors (Lipinski definition) is 4. The topological polar surface area (TPSA) is 54.7 Å². The van der Waals surface area contributed by atoms with Crippen molar-refractivity contribution in [2.24, 2.45) is 0 Å². The van der Waals surface area contributed by atoms with Crippen LogP contribution in [0.15, 0.2) is 47.1 Å². The molecule has 0 spiro atoms. The molecule has 0 bridgehead atoms. The number of carbonyl (C=O) groups excluding carboxylic acids is 1. The molecule has 1 aliphatic heterocycles. The quantitative estimate of drug-likeness (QED) is 0.657. The van der Waals surface area contributed by atoms with Gasteiger partial charge < -0.3 is 14.5 Å². The molecule has 6 heteroatoms. The zero-order valence-electron chi connectivity index (χ0n) is 17.5. The van der Waals surface area contributed by atoms with Gasteiger partial charge in [-0.15, -0.1) is 0 Å². The van der Waals surface area contributed by atoms with E-state index >= 15 is 0 Å². The second-order valence-electron chi connectivity index (χ2n) is 8.43. The molecule has 1 N–H and O–H groups in total. The predicted molar refractivity (Wildman–Crippen MR) is 116 cm³/mol. The van der Waals surface area contributed by atoms with E-state index in [1.165, 1.54) is 29.7 Å². The maximum atomic E-state index is 13.4. The number of morpholine rings is 1. The van der Waals surface area contributed by atoms with Gasteiger partial charge in [-0.1, -0.05) is 12.1 Å². The first-order chi connectivity index (χ1) is 15.2. The predicted octanol–water partition coefficient (Wildman–Crippen LogP) is 3.79. The van der Waals surface area contributed by atoms with Crippen molar-refractivity contribution in [3.05, 3.63) is 70.7 Å². The SMILES string of the molecule is O=C(Cc1coc2cc3c(cc12)CCC3)NC[C@H](c1ccc(F)cc1)N1CCOCC1. The maximum absolute atomic E-state index is 13.4. The van der Waals surface area contributed by atoms with E-state index in [-0.39, 0.29) is 24.2 Å². The fourth-order valence-electron chi connectivity index (χ4n) is 4.76. The Balaban J connectivity index is 1.28. The van der Waals surface area contributed by atoms with Crippen molar-refractivity contribution in [2.45, 2.75) is 31.7 Å². The first-order valence-electron chi connectivity index (χ1n) is 11.0. The number of hydrogen-bond donors (Lipinski definition) is 1. The number of halogens is 1. The summed E-state index contributed by atoms with van der Waals surface area (Å²) in [6.07, 6.45) is 5.38. The van der Waals surface area contributed by atoms with E-state index < -0.39 is 0 Å². The van der Waals surface area contributed by atoms with Crippen LogP contribution in [-0.4, -0.2) is 43.7 Å². The summed E-state index contributed by atoms with van der Waals surface area (Å²) >= 11 is 0. The average Bonchev–Trinajstić information content (AvgIpc) is 3.41. The first kappa shape index (κ1) is 20.2. The summed E-state index contributed by atoms with van der Waals surface area (Å²) in [6.45, 7) is 3.37. The third-order valence-corrected chi connectivity index (χ3v) is 6.45. The van der Waals surface area contributed by atoms with Crippen molar-refractivity contribution in [3.63, 3.8) is 0 Å². The molecule has 0 saturated carbocycles. The molecule has 2 aromatic carbocycles. The third-order valence-electron chi connectivity index (χ3n) is 6.45. The molecule has 5 nitrogen and oxygen atoms in total. The van der Waals surface area contributed by atoms with Crippen LogP contribution in [-0.2, 0) is 28.8 Å². The molecular formula is C25H27FN2O3. The molecule has 31 heavy (non-hydrogen) atoms. The van der Waals surface area contributed by atoms with E-state index in [1.54, 1.807) is 18.4 Å². The second kappa shape index (κ2) is 8.81. The number of benzene rings is 2. The van der Waals surface area contributed by atoms with Gasteiger partial charge in [0.15, 0.2) is 0 Å². The highest BCUT2D eigenvalue weighted by molar-refractivity contribution is 5.88. The molecule has 1 aliphatic carbocycles. The highest BCUT2D eigenvalue weighted by Gasteiger charge is 2.24. The van der Waals surface area contributed by atoms with Gasteiger partial charge in [0, 0.05) is 30.6 Å². The van der Waals surface area contributed by atoms with Crippen LogP contribution >= 0.6 is 0 Å². The van der Waals surface area contributed by atoms with Crippen LogP contribution in [0, 0.1) is 5.82 Å². The summed E-state index contributed by atoms with van der Waals surface area (Å²) in [5.74, 6) is -0.296. The largest absolute Gasteiger partial charge is 0.464 e. The second-order valence-corrected chi connectivity index (χ2v) is 8.43. The molecule has 2 heterocycles. The monoisotopic (exact) mass is 422 g/mol. The summed E-state index contributed by atoms with van der Waals surface area (Å²) in [4.78, 5) is 15.1. The van der Waals surface area contributed by atoms with Crippen molar-refractivity contribution >= 4 is 16.9 Å². The number of amides is 1. The lowest BCUT2D eigenvalue weighted by atomic mass is 10.0. The Morgan fingerprint density at radius 1 is 1.10 bits per heavy atom. The Morgan fingerprint density at radius 3 is 2.61 bits per heavy atom. The molecule has 5 rings (SSSR count). The van der Waals surface area contributed by atoms with Crippen LogP contribution in [0.3, 0.4) is 0 Å². The number of nitrogens with one attached hydrogen (secondary N) is 1. The summed E-state index contributed by atoms with van der Waals surface area (Å²) in [6, 6.07) is 10.8. The van der Waals surface area contributed by atoms with Crippen LogP contribution in [0.25, 0.3) is 11.0 Å². The summed E-state index contributed by atoms with van der Waals surface area (Å²) in [7, 11) is 0. The third kappa shape index (κ3) is 4.36. The Labute approximate surface area is 181 Å². The Morgan fingerprint density at radius 2 is 1.84 bits per heavy atom. The summed E-state index contributed by atoms with van der Waals surface area (Å²) < 4.78 is 24.6. The number of furan rings is 1. The molecule has 0 radical (unpaired) electrons. The molecule has 1 saturated heterocycles. The summed E-state index contributed by atoms with van der Waals surface area (Å²) in [5, 5.41) is 4.13. The lowest BCUT2D eigenvalue weighted by Crippen LogP contribution is -2.44. The van der Waals surface area contributed by atoms with Crippen molar-refractivity contribution in [1.82, 2.24) is 10.2 Å². The van der Waals surface area contributed by atoms with E-state index in [9.17, 15) is 9.18 Å². The molecule has 2 aliphatic rings. The van der Waals surface area contributed by atoms with E-state index in [2.05, 4.69) is 22.3 Å². The first-order valence-corrected chi connectivity index (χ1v) is 11.0. The van der Waals surface area contributed by atoms with Gasteiger partial charge in [-0.05, 0) is 60.2 Å². The Kier molecular flexibility index (Phi) is 5.74. The van der Waals surface area contributed by atoms with Gasteiger partial charge in [-0.2, -0.15) is 0 Å². The fourth-order valence-corrected chi connectivity index (χ4v) is 4.76. The van der Waals surface area contributed by atoms with Gasteiger partial charge in [-0.3, -0.25) is 9.69 Å². The number of rotatable bonds is 6. The highest BCUT2D eigenvalue weighted by Crippen LogP contribution is 2.30. The van der Waals surface area contributed by atoms with E-state index in [1.807, 2.05) is 0 Å². The standard InChI is InChI=1S/C25H27FN2O3/c26-21-6-4-17(5-7-21)23(28-8-10-30-11-9-28)15-27-25(29)14-20-16-31-24-13-19-3-1-2-18(19)12-22(20)24/h4-7,12-13,16,23H,1-3,8-11,14-15H2,(H,27,29)/t23-/m1/s1. The van der Waals surface area contributed by atoms with Crippen molar-refractivity contribution < 1.29 is 18.3 Å². The van der Waals surface area contributed by atoms with Crippen LogP contribution in [0.2, 0.25) is 0 Å². The number of fused-ring (bicyclic) bond motifs is 2. The van der Waals surface area contributed by atoms with Gasteiger partial charge in [0.2, 0.25) is 5.91 Å². The van der Waals surface area contributed by atoms with E-state index in [4.69, 9.17) is 9.15 Å². The van der Waals surface area contributed by atoms with Crippen LogP contribution < -0.4 is 5.32 Å². The number of ether oxygens (including phenoxy) is 1. The van der Waals surface area contributed by atoms with Gasteiger partial charge in [-0.25, -0.2) is 4.39 Å². The van der Waals surface area contributed by atoms with Gasteiger partial charge in [0.25, 0.3) is 0 Å². The molecule has 1 fully saturated rings. The molecule has 0 unspecified atom stereocenters.